The molecule has 0 unspecified atom stereocenters. The first kappa shape index (κ1) is 10.7. The van der Waals surface area contributed by atoms with Crippen molar-refractivity contribution in [2.24, 2.45) is 10.7 Å². The number of hydrogen-bond donors (Lipinski definition) is 5. The summed E-state index contributed by atoms with van der Waals surface area (Å²) in [4.78, 5) is 11.8. The van der Waals surface area contributed by atoms with E-state index in [-0.39, 0.29) is 0 Å². The Labute approximate surface area is 72.3 Å². The van der Waals surface area contributed by atoms with Crippen molar-refractivity contribution in [3.05, 3.63) is 10.1 Å². The number of guanidine groups is 1. The fourth-order valence-corrected chi connectivity index (χ4v) is 0.283. The zero-order valence-electron chi connectivity index (χ0n) is 6.37. The minimum Gasteiger partial charge on any atom is -0.390 e. The molecule has 13 heavy (non-hydrogen) atoms. The van der Waals surface area contributed by atoms with Gasteiger partial charge in [0.05, 0.1) is 0 Å². The molecule has 0 spiro atoms. The van der Waals surface area contributed by atoms with Crippen LogP contribution < -0.4 is 11.1 Å². The molecule has 0 aliphatic heterocycles. The second-order valence-electron chi connectivity index (χ2n) is 1.77. The van der Waals surface area contributed by atoms with Crippen LogP contribution in [-0.2, 0) is 0 Å². The van der Waals surface area contributed by atoms with Crippen molar-refractivity contribution in [2.45, 2.75) is 0 Å². The summed E-state index contributed by atoms with van der Waals surface area (Å²) in [5, 5.41) is 32.1. The molecular weight excluding hydrogens is 178 g/mol. The second kappa shape index (κ2) is 4.54. The molecule has 9 nitrogen and oxygen atoms in total. The topological polar surface area (TPSA) is 165 Å². The zero-order chi connectivity index (χ0) is 10.4. The molecule has 70 valence electrons. The Bertz CT molecular complexity index is 293. The van der Waals surface area contributed by atoms with Crippen LogP contribution in [0.25, 0.3) is 0 Å². The largest absolute Gasteiger partial charge is 0.462 e. The molecule has 0 saturated carbocycles. The third kappa shape index (κ3) is 4.19. The molecule has 0 radical (unpaired) electrons. The fraction of sp³-hybridized carbons (Fsp3) is 0. The van der Waals surface area contributed by atoms with Crippen molar-refractivity contribution in [1.82, 2.24) is 5.32 Å². The minimum absolute atomic E-state index is 0.445. The Morgan fingerprint density at radius 2 is 2.08 bits per heavy atom. The van der Waals surface area contributed by atoms with E-state index in [9.17, 15) is 10.1 Å². The minimum atomic E-state index is -1.07. The molecule has 0 aromatic heterocycles. The van der Waals surface area contributed by atoms with E-state index < -0.39 is 22.6 Å². The molecule has 0 atom stereocenters. The van der Waals surface area contributed by atoms with Gasteiger partial charge in [-0.3, -0.25) is 10.8 Å². The summed E-state index contributed by atoms with van der Waals surface area (Å²) in [5.74, 6) is -2.04. The third-order valence-electron chi connectivity index (χ3n) is 0.838. The van der Waals surface area contributed by atoms with Crippen molar-refractivity contribution < 1.29 is 4.92 Å². The van der Waals surface area contributed by atoms with Crippen molar-refractivity contribution in [1.29, 1.82) is 16.2 Å². The highest BCUT2D eigenvalue weighted by atomic mass is 16.6. The fourth-order valence-electron chi connectivity index (χ4n) is 0.283. The van der Waals surface area contributed by atoms with Crippen LogP contribution in [0.4, 0.5) is 0 Å². The van der Waals surface area contributed by atoms with Gasteiger partial charge in [-0.25, -0.2) is 0 Å². The Morgan fingerprint density at radius 3 is 2.46 bits per heavy atom. The highest BCUT2D eigenvalue weighted by Crippen LogP contribution is 1.74. The average molecular weight is 185 g/mol. The van der Waals surface area contributed by atoms with Gasteiger partial charge < -0.3 is 21.2 Å². The lowest BCUT2D eigenvalue weighted by Crippen LogP contribution is -2.34. The van der Waals surface area contributed by atoms with Gasteiger partial charge in [0.1, 0.15) is 0 Å². The summed E-state index contributed by atoms with van der Waals surface area (Å²) in [6, 6.07) is 0. The SMILES string of the molecule is N=C(N)C(=N)N/C=N\C(=N)[N+](=O)[O-]. The molecule has 0 aliphatic rings. The highest BCUT2D eigenvalue weighted by Gasteiger charge is 2.03. The molecule has 0 aromatic carbocycles. The number of amidine groups is 2. The summed E-state index contributed by atoms with van der Waals surface area (Å²) < 4.78 is 0. The van der Waals surface area contributed by atoms with Crippen molar-refractivity contribution >= 4 is 24.0 Å². The lowest BCUT2D eigenvalue weighted by molar-refractivity contribution is -0.353. The molecule has 9 heteroatoms. The van der Waals surface area contributed by atoms with E-state index in [4.69, 9.17) is 22.0 Å². The Hall–Kier alpha value is -2.32. The maximum Gasteiger partial charge on any atom is 0.462 e. The smallest absolute Gasteiger partial charge is 0.390 e. The van der Waals surface area contributed by atoms with Gasteiger partial charge in [-0.1, -0.05) is 4.99 Å². The number of nitrogens with one attached hydrogen (secondary N) is 4. The molecule has 0 bridgehead atoms. The van der Waals surface area contributed by atoms with Gasteiger partial charge in [-0.15, -0.1) is 5.41 Å². The Morgan fingerprint density at radius 1 is 1.54 bits per heavy atom. The molecule has 0 heterocycles. The molecule has 0 rings (SSSR count). The monoisotopic (exact) mass is 185 g/mol. The van der Waals surface area contributed by atoms with Gasteiger partial charge in [0.25, 0.3) is 0 Å². The van der Waals surface area contributed by atoms with E-state index in [2.05, 4.69) is 10.3 Å². The van der Waals surface area contributed by atoms with Crippen LogP contribution in [0.5, 0.6) is 0 Å². The maximum atomic E-state index is 9.83. The Kier molecular flexibility index (Phi) is 3.73. The molecular formula is C4H7N7O2. The molecule has 6 N–H and O–H groups in total. The normalized spacial score (nSPS) is 9.54. The number of hydrogen-bond acceptors (Lipinski definition) is 5. The summed E-state index contributed by atoms with van der Waals surface area (Å²) in [5.41, 5.74) is 4.86. The van der Waals surface area contributed by atoms with Gasteiger partial charge in [-0.2, -0.15) is 0 Å². The van der Waals surface area contributed by atoms with Gasteiger partial charge in [-0.05, 0) is 4.92 Å². The number of aliphatic imine (C=N–C) groups is 1. The zero-order valence-corrected chi connectivity index (χ0v) is 6.37. The van der Waals surface area contributed by atoms with Crippen LogP contribution in [-0.4, -0.2) is 28.9 Å². The van der Waals surface area contributed by atoms with E-state index in [1.807, 2.05) is 0 Å². The average Bonchev–Trinajstić information content (AvgIpc) is 2.03. The lowest BCUT2D eigenvalue weighted by Gasteiger charge is -1.95. The van der Waals surface area contributed by atoms with Gasteiger partial charge in [0, 0.05) is 0 Å². The lowest BCUT2D eigenvalue weighted by atomic mass is 10.5. The summed E-state index contributed by atoms with van der Waals surface area (Å²) in [6.45, 7) is 0. The van der Waals surface area contributed by atoms with Crippen LogP contribution in [0.2, 0.25) is 0 Å². The van der Waals surface area contributed by atoms with Crippen LogP contribution >= 0.6 is 0 Å². The first-order valence-electron chi connectivity index (χ1n) is 2.90. The summed E-state index contributed by atoms with van der Waals surface area (Å²) in [6.07, 6.45) is 0.745. The van der Waals surface area contributed by atoms with Crippen LogP contribution in [0, 0.1) is 26.3 Å². The van der Waals surface area contributed by atoms with E-state index in [0.717, 1.165) is 6.34 Å². The summed E-state index contributed by atoms with van der Waals surface area (Å²) >= 11 is 0. The first-order valence-corrected chi connectivity index (χ1v) is 2.90. The number of nitrogens with zero attached hydrogens (tertiary/aromatic N) is 2. The Balaban J connectivity index is 4.03. The van der Waals surface area contributed by atoms with E-state index in [1.165, 1.54) is 0 Å². The molecule has 0 amide bonds. The molecule has 0 aromatic rings. The molecule has 0 aliphatic carbocycles. The van der Waals surface area contributed by atoms with Crippen molar-refractivity contribution in [2.75, 3.05) is 0 Å². The second-order valence-corrected chi connectivity index (χ2v) is 1.77. The summed E-state index contributed by atoms with van der Waals surface area (Å²) in [7, 11) is 0. The van der Waals surface area contributed by atoms with Gasteiger partial charge in [0.15, 0.2) is 18.0 Å². The molecule has 0 saturated heterocycles. The molecule has 0 fully saturated rings. The van der Waals surface area contributed by atoms with Gasteiger partial charge >= 0.3 is 5.96 Å². The van der Waals surface area contributed by atoms with Crippen LogP contribution in [0.1, 0.15) is 0 Å². The number of rotatable bonds is 1. The third-order valence-corrected chi connectivity index (χ3v) is 0.838. The number of nitro groups is 1. The van der Waals surface area contributed by atoms with Crippen LogP contribution in [0.15, 0.2) is 4.99 Å². The standard InChI is InChI=1S/C4H7N7O2/c5-2(6)3(7)9-1-10-4(8)11(12)13/h1H,(H3,5,6)(H3,7,8,9,10). The number of nitrogens with two attached hydrogens (primary N) is 1. The maximum absolute atomic E-state index is 9.83. The van der Waals surface area contributed by atoms with E-state index >= 15 is 0 Å². The highest BCUT2D eigenvalue weighted by molar-refractivity contribution is 6.39. The van der Waals surface area contributed by atoms with E-state index in [1.54, 1.807) is 0 Å². The predicted molar refractivity (Wildman–Crippen MR) is 46.0 cm³/mol. The quantitative estimate of drug-likeness (QED) is 0.149. The van der Waals surface area contributed by atoms with Crippen molar-refractivity contribution in [3.63, 3.8) is 0 Å². The first-order chi connectivity index (χ1) is 5.95. The predicted octanol–water partition coefficient (Wildman–Crippen LogP) is -1.27. The van der Waals surface area contributed by atoms with Crippen molar-refractivity contribution in [3.8, 4) is 0 Å². The van der Waals surface area contributed by atoms with Gasteiger partial charge in [0.2, 0.25) is 0 Å². The van der Waals surface area contributed by atoms with E-state index in [0.29, 0.717) is 0 Å². The van der Waals surface area contributed by atoms with Crippen LogP contribution in [0.3, 0.4) is 0 Å².